The molecule has 1 atom stereocenters. The predicted molar refractivity (Wildman–Crippen MR) is 74.1 cm³/mol. The Kier molecular flexibility index (Phi) is 2.97. The quantitative estimate of drug-likeness (QED) is 0.805. The monoisotopic (exact) mass is 272 g/mol. The van der Waals surface area contributed by atoms with Crippen LogP contribution in [0.4, 0.5) is 0 Å². The van der Waals surface area contributed by atoms with E-state index >= 15 is 0 Å². The highest BCUT2D eigenvalue weighted by Gasteiger charge is 2.37. The zero-order chi connectivity index (χ0) is 14.3. The summed E-state index contributed by atoms with van der Waals surface area (Å²) in [4.78, 5) is 28.7. The van der Waals surface area contributed by atoms with Crippen LogP contribution in [0.2, 0.25) is 0 Å². The molecule has 3 rings (SSSR count). The van der Waals surface area contributed by atoms with Crippen LogP contribution in [0.25, 0.3) is 10.9 Å². The summed E-state index contributed by atoms with van der Waals surface area (Å²) in [6.45, 7) is 2.01. The van der Waals surface area contributed by atoms with Gasteiger partial charge in [-0.25, -0.2) is 4.79 Å². The molecule has 20 heavy (non-hydrogen) atoms. The van der Waals surface area contributed by atoms with Crippen molar-refractivity contribution in [1.82, 2.24) is 9.88 Å². The number of methoxy groups -OCH3 is 1. The first kappa shape index (κ1) is 12.7. The minimum absolute atomic E-state index is 0.121. The van der Waals surface area contributed by atoms with Crippen molar-refractivity contribution in [3.8, 4) is 0 Å². The van der Waals surface area contributed by atoms with Crippen molar-refractivity contribution in [2.24, 2.45) is 0 Å². The summed E-state index contributed by atoms with van der Waals surface area (Å²) in [7, 11) is 1.34. The number of amides is 1. The molecule has 1 N–H and O–H groups in total. The van der Waals surface area contributed by atoms with E-state index in [2.05, 4.69) is 4.98 Å². The van der Waals surface area contributed by atoms with Gasteiger partial charge in [0.15, 0.2) is 6.04 Å². The fourth-order valence-electron chi connectivity index (χ4n) is 2.94. The van der Waals surface area contributed by atoms with E-state index in [0.29, 0.717) is 6.54 Å². The molecular formula is C15H16N2O3. The maximum atomic E-state index is 12.1. The largest absolute Gasteiger partial charge is 0.467 e. The number of carbonyl (C=O) groups excluding carboxylic acids is 2. The average Bonchev–Trinajstić information content (AvgIpc) is 2.83. The molecule has 1 unspecified atom stereocenters. The van der Waals surface area contributed by atoms with Crippen molar-refractivity contribution >= 4 is 22.8 Å². The topological polar surface area (TPSA) is 62.4 Å². The number of ether oxygens (including phenoxy) is 1. The summed E-state index contributed by atoms with van der Waals surface area (Å²) in [5, 5.41) is 1.11. The second kappa shape index (κ2) is 4.67. The molecule has 0 spiro atoms. The molecule has 5 nitrogen and oxygen atoms in total. The van der Waals surface area contributed by atoms with Crippen LogP contribution >= 0.6 is 0 Å². The van der Waals surface area contributed by atoms with Gasteiger partial charge in [0.2, 0.25) is 5.91 Å². The summed E-state index contributed by atoms with van der Waals surface area (Å²) in [6, 6.07) is 7.25. The molecule has 1 amide bonds. The molecule has 0 aliphatic carbocycles. The summed E-state index contributed by atoms with van der Waals surface area (Å²) < 4.78 is 4.87. The molecule has 0 bridgehead atoms. The summed E-state index contributed by atoms with van der Waals surface area (Å²) in [5.74, 6) is -0.530. The molecular weight excluding hydrogens is 256 g/mol. The van der Waals surface area contributed by atoms with Gasteiger partial charge < -0.3 is 14.6 Å². The zero-order valence-electron chi connectivity index (χ0n) is 11.5. The highest BCUT2D eigenvalue weighted by Crippen LogP contribution is 2.35. The van der Waals surface area contributed by atoms with Gasteiger partial charge in [-0.2, -0.15) is 0 Å². The van der Waals surface area contributed by atoms with Gasteiger partial charge >= 0.3 is 5.97 Å². The number of para-hydroxylation sites is 1. The van der Waals surface area contributed by atoms with Gasteiger partial charge in [-0.15, -0.1) is 0 Å². The van der Waals surface area contributed by atoms with Crippen LogP contribution in [0.5, 0.6) is 0 Å². The predicted octanol–water partition coefficient (Wildman–Crippen LogP) is 1.79. The molecule has 5 heteroatoms. The van der Waals surface area contributed by atoms with Crippen molar-refractivity contribution in [1.29, 1.82) is 0 Å². The van der Waals surface area contributed by atoms with Crippen molar-refractivity contribution in [3.05, 3.63) is 35.5 Å². The van der Waals surface area contributed by atoms with E-state index in [1.54, 1.807) is 4.90 Å². The van der Waals surface area contributed by atoms with Gasteiger partial charge in [-0.05, 0) is 18.1 Å². The van der Waals surface area contributed by atoms with Crippen LogP contribution < -0.4 is 0 Å². The van der Waals surface area contributed by atoms with Crippen LogP contribution in [0, 0.1) is 0 Å². The van der Waals surface area contributed by atoms with Crippen molar-refractivity contribution in [2.45, 2.75) is 19.4 Å². The number of fused-ring (bicyclic) bond motifs is 3. The Labute approximate surface area is 116 Å². The normalized spacial score (nSPS) is 17.9. The minimum Gasteiger partial charge on any atom is -0.467 e. The SMILES string of the molecule is COC(=O)C1c2[nH]c3ccccc3c2CCN1C(C)=O. The van der Waals surface area contributed by atoms with Crippen molar-refractivity contribution < 1.29 is 14.3 Å². The fourth-order valence-corrected chi connectivity index (χ4v) is 2.94. The Balaban J connectivity index is 2.19. The highest BCUT2D eigenvalue weighted by atomic mass is 16.5. The van der Waals surface area contributed by atoms with Crippen LogP contribution in [0.15, 0.2) is 24.3 Å². The van der Waals surface area contributed by atoms with Crippen LogP contribution in [0.3, 0.4) is 0 Å². The highest BCUT2D eigenvalue weighted by molar-refractivity contribution is 5.91. The maximum absolute atomic E-state index is 12.1. The Morgan fingerprint density at radius 2 is 2.10 bits per heavy atom. The van der Waals surface area contributed by atoms with E-state index in [4.69, 9.17) is 4.74 Å². The molecule has 0 saturated heterocycles. The lowest BCUT2D eigenvalue weighted by atomic mass is 9.97. The van der Waals surface area contributed by atoms with Crippen molar-refractivity contribution in [2.75, 3.05) is 13.7 Å². The number of nitrogens with zero attached hydrogens (tertiary/aromatic N) is 1. The minimum atomic E-state index is -0.673. The first-order valence-electron chi connectivity index (χ1n) is 6.58. The fraction of sp³-hybridized carbons (Fsp3) is 0.333. The third-order valence-corrected chi connectivity index (χ3v) is 3.86. The number of hydrogen-bond donors (Lipinski definition) is 1. The smallest absolute Gasteiger partial charge is 0.334 e. The van der Waals surface area contributed by atoms with Gasteiger partial charge in [0.25, 0.3) is 0 Å². The van der Waals surface area contributed by atoms with E-state index in [9.17, 15) is 9.59 Å². The molecule has 1 aliphatic heterocycles. The third kappa shape index (κ3) is 1.78. The third-order valence-electron chi connectivity index (χ3n) is 3.86. The van der Waals surface area contributed by atoms with E-state index in [1.807, 2.05) is 24.3 Å². The number of aromatic amines is 1. The zero-order valence-corrected chi connectivity index (χ0v) is 11.5. The van der Waals surface area contributed by atoms with Crippen LogP contribution in [-0.4, -0.2) is 35.4 Å². The van der Waals surface area contributed by atoms with Gasteiger partial charge in [0.1, 0.15) is 0 Å². The Hall–Kier alpha value is -2.30. The Morgan fingerprint density at radius 3 is 2.80 bits per heavy atom. The Morgan fingerprint density at radius 1 is 1.35 bits per heavy atom. The maximum Gasteiger partial charge on any atom is 0.334 e. The van der Waals surface area contributed by atoms with E-state index in [1.165, 1.54) is 14.0 Å². The standard InChI is InChI=1S/C15H16N2O3/c1-9(18)17-8-7-11-10-5-3-4-6-12(10)16-13(11)14(17)15(19)20-2/h3-6,14,16H,7-8H2,1-2H3. The molecule has 0 fully saturated rings. The molecule has 1 aromatic heterocycles. The number of hydrogen-bond acceptors (Lipinski definition) is 3. The van der Waals surface area contributed by atoms with E-state index in [0.717, 1.165) is 28.6 Å². The second-order valence-electron chi connectivity index (χ2n) is 4.95. The number of aromatic nitrogens is 1. The van der Waals surface area contributed by atoms with Gasteiger partial charge in [0.05, 0.1) is 12.8 Å². The number of carbonyl (C=O) groups is 2. The molecule has 2 heterocycles. The van der Waals surface area contributed by atoms with Crippen LogP contribution in [-0.2, 0) is 20.7 Å². The molecule has 2 aromatic rings. The molecule has 0 radical (unpaired) electrons. The lowest BCUT2D eigenvalue weighted by molar-refractivity contribution is -0.153. The molecule has 104 valence electrons. The van der Waals surface area contributed by atoms with Gasteiger partial charge in [-0.3, -0.25) is 4.79 Å². The second-order valence-corrected chi connectivity index (χ2v) is 4.95. The number of H-pyrrole nitrogens is 1. The number of benzene rings is 1. The average molecular weight is 272 g/mol. The first-order chi connectivity index (χ1) is 9.63. The van der Waals surface area contributed by atoms with E-state index in [-0.39, 0.29) is 5.91 Å². The summed E-state index contributed by atoms with van der Waals surface area (Å²) in [5.41, 5.74) is 2.87. The summed E-state index contributed by atoms with van der Waals surface area (Å²) >= 11 is 0. The number of nitrogens with one attached hydrogen (secondary N) is 1. The lowest BCUT2D eigenvalue weighted by Gasteiger charge is -2.33. The Bertz CT molecular complexity index is 689. The molecule has 1 aromatic carbocycles. The number of esters is 1. The van der Waals surface area contributed by atoms with Crippen LogP contribution in [0.1, 0.15) is 24.2 Å². The van der Waals surface area contributed by atoms with Gasteiger partial charge in [-0.1, -0.05) is 18.2 Å². The first-order valence-corrected chi connectivity index (χ1v) is 6.58. The number of rotatable bonds is 1. The molecule has 0 saturated carbocycles. The summed E-state index contributed by atoms with van der Waals surface area (Å²) in [6.07, 6.45) is 0.742. The van der Waals surface area contributed by atoms with Crippen molar-refractivity contribution in [3.63, 3.8) is 0 Å². The molecule has 1 aliphatic rings. The van der Waals surface area contributed by atoms with Gasteiger partial charge in [0, 0.05) is 24.4 Å². The lowest BCUT2D eigenvalue weighted by Crippen LogP contribution is -2.42. The van der Waals surface area contributed by atoms with E-state index < -0.39 is 12.0 Å².